The zero-order valence-electron chi connectivity index (χ0n) is 10.6. The minimum absolute atomic E-state index is 0.282. The number of nitrogens with zero attached hydrogens (tertiary/aromatic N) is 1. The summed E-state index contributed by atoms with van der Waals surface area (Å²) in [6, 6.07) is 10.4. The number of nitrogens with one attached hydrogen (secondary N) is 1. The van der Waals surface area contributed by atoms with Crippen LogP contribution in [0.2, 0.25) is 5.15 Å². The number of hydrogen-bond donors (Lipinski definition) is 1. The maximum Gasteiger partial charge on any atom is 0.260 e. The van der Waals surface area contributed by atoms with E-state index in [1.807, 2.05) is 13.0 Å². The van der Waals surface area contributed by atoms with Crippen LogP contribution in [0.15, 0.2) is 36.4 Å². The molecule has 0 saturated carbocycles. The van der Waals surface area contributed by atoms with Crippen molar-refractivity contribution in [3.05, 3.63) is 52.7 Å². The normalized spacial score (nSPS) is 10.1. The number of carbonyl (C=O) groups excluding carboxylic acids is 1. The van der Waals surface area contributed by atoms with Gasteiger partial charge in [-0.1, -0.05) is 29.3 Å². The van der Waals surface area contributed by atoms with Gasteiger partial charge < -0.3 is 10.1 Å². The lowest BCUT2D eigenvalue weighted by Crippen LogP contribution is -2.14. The summed E-state index contributed by atoms with van der Waals surface area (Å²) in [4.78, 5) is 16.2. The number of ether oxygens (including phenoxy) is 1. The maximum atomic E-state index is 12.2. The lowest BCUT2D eigenvalue weighted by Gasteiger charge is -2.09. The van der Waals surface area contributed by atoms with Gasteiger partial charge >= 0.3 is 0 Å². The van der Waals surface area contributed by atoms with E-state index in [1.54, 1.807) is 30.3 Å². The average molecular weight is 277 g/mol. The summed E-state index contributed by atoms with van der Waals surface area (Å²) in [5, 5.41) is 3.01. The van der Waals surface area contributed by atoms with Crippen molar-refractivity contribution in [2.75, 3.05) is 12.4 Å². The summed E-state index contributed by atoms with van der Waals surface area (Å²) in [5.74, 6) is 0.640. The molecule has 2 aromatic rings. The van der Waals surface area contributed by atoms with Crippen LogP contribution in [0.1, 0.15) is 15.9 Å². The molecule has 0 saturated heterocycles. The molecule has 0 spiro atoms. The molecule has 0 fully saturated rings. The summed E-state index contributed by atoms with van der Waals surface area (Å²) in [5.41, 5.74) is 1.44. The van der Waals surface area contributed by atoms with Crippen LogP contribution < -0.4 is 10.1 Å². The smallest absolute Gasteiger partial charge is 0.260 e. The van der Waals surface area contributed by atoms with Crippen molar-refractivity contribution in [1.82, 2.24) is 4.98 Å². The van der Waals surface area contributed by atoms with Crippen LogP contribution in [0, 0.1) is 6.92 Å². The van der Waals surface area contributed by atoms with E-state index in [4.69, 9.17) is 16.3 Å². The van der Waals surface area contributed by atoms with Crippen molar-refractivity contribution >= 4 is 23.3 Å². The molecule has 0 aliphatic heterocycles. The Morgan fingerprint density at radius 3 is 2.79 bits per heavy atom. The zero-order chi connectivity index (χ0) is 13.8. The van der Waals surface area contributed by atoms with Crippen molar-refractivity contribution in [1.29, 1.82) is 0 Å². The molecule has 0 aliphatic carbocycles. The van der Waals surface area contributed by atoms with Crippen LogP contribution in [-0.2, 0) is 0 Å². The van der Waals surface area contributed by atoms with E-state index in [-0.39, 0.29) is 5.91 Å². The first-order chi connectivity index (χ1) is 9.10. The van der Waals surface area contributed by atoms with Gasteiger partial charge in [0.05, 0.1) is 12.7 Å². The highest BCUT2D eigenvalue weighted by Gasteiger charge is 2.13. The third-order valence-electron chi connectivity index (χ3n) is 2.56. The van der Waals surface area contributed by atoms with Gasteiger partial charge in [-0.3, -0.25) is 4.79 Å². The largest absolute Gasteiger partial charge is 0.496 e. The first-order valence-corrected chi connectivity index (χ1v) is 6.06. The fourth-order valence-corrected chi connectivity index (χ4v) is 1.82. The van der Waals surface area contributed by atoms with Crippen molar-refractivity contribution in [2.45, 2.75) is 6.92 Å². The van der Waals surface area contributed by atoms with Crippen molar-refractivity contribution < 1.29 is 9.53 Å². The number of halogens is 1. The number of pyridine rings is 1. The fraction of sp³-hybridized carbons (Fsp3) is 0.143. The Labute approximate surface area is 116 Å². The number of rotatable bonds is 3. The van der Waals surface area contributed by atoms with Crippen LogP contribution in [0.4, 0.5) is 5.82 Å². The molecule has 1 amide bonds. The lowest BCUT2D eigenvalue weighted by atomic mass is 10.1. The number of amides is 1. The minimum atomic E-state index is -0.282. The van der Waals surface area contributed by atoms with Crippen molar-refractivity contribution in [3.8, 4) is 5.75 Å². The third-order valence-corrected chi connectivity index (χ3v) is 2.77. The fourth-order valence-electron chi connectivity index (χ4n) is 1.66. The second-order valence-electron chi connectivity index (χ2n) is 4.00. The van der Waals surface area contributed by atoms with Crippen LogP contribution in [-0.4, -0.2) is 18.0 Å². The lowest BCUT2D eigenvalue weighted by molar-refractivity contribution is 0.102. The molecule has 0 bridgehead atoms. The number of anilines is 1. The van der Waals surface area contributed by atoms with Gasteiger partial charge in [0.15, 0.2) is 0 Å². The van der Waals surface area contributed by atoms with Crippen LogP contribution >= 0.6 is 11.6 Å². The van der Waals surface area contributed by atoms with Gasteiger partial charge in [0.25, 0.3) is 5.91 Å². The maximum absolute atomic E-state index is 12.2. The Kier molecular flexibility index (Phi) is 4.02. The predicted octanol–water partition coefficient (Wildman–Crippen LogP) is 3.30. The molecule has 0 unspecified atom stereocenters. The Bertz CT molecular complexity index is 614. The molecule has 0 radical (unpaired) electrons. The molecule has 19 heavy (non-hydrogen) atoms. The summed E-state index contributed by atoms with van der Waals surface area (Å²) >= 11 is 5.77. The number of aryl methyl sites for hydroxylation is 1. The number of carbonyl (C=O) groups is 1. The Morgan fingerprint density at radius 2 is 2.11 bits per heavy atom. The zero-order valence-corrected chi connectivity index (χ0v) is 11.4. The molecule has 5 heteroatoms. The second-order valence-corrected chi connectivity index (χ2v) is 4.39. The molecular formula is C14H13ClN2O2. The Balaban J connectivity index is 2.27. The van der Waals surface area contributed by atoms with Gasteiger partial charge in [-0.05, 0) is 31.2 Å². The van der Waals surface area contributed by atoms with Gasteiger partial charge in [-0.2, -0.15) is 0 Å². The molecule has 0 aliphatic rings. The first kappa shape index (κ1) is 13.4. The highest BCUT2D eigenvalue weighted by molar-refractivity contribution is 6.29. The van der Waals surface area contributed by atoms with Gasteiger partial charge in [0.2, 0.25) is 0 Å². The molecule has 4 nitrogen and oxygen atoms in total. The molecule has 1 aromatic carbocycles. The van der Waals surface area contributed by atoms with Crippen molar-refractivity contribution in [2.24, 2.45) is 0 Å². The van der Waals surface area contributed by atoms with Gasteiger partial charge in [0, 0.05) is 0 Å². The number of hydrogen-bond acceptors (Lipinski definition) is 3. The Hall–Kier alpha value is -2.07. The van der Waals surface area contributed by atoms with Gasteiger partial charge in [-0.15, -0.1) is 0 Å². The number of methoxy groups -OCH3 is 1. The molecule has 2 rings (SSSR count). The standard InChI is InChI=1S/C14H13ClN2O2/c1-9-6-7-11(19-2)10(8-9)14(18)17-13-5-3-4-12(15)16-13/h3-8H,1-2H3,(H,16,17,18). The molecule has 98 valence electrons. The van der Waals surface area contributed by atoms with E-state index in [2.05, 4.69) is 10.3 Å². The van der Waals surface area contributed by atoms with E-state index in [1.165, 1.54) is 7.11 Å². The SMILES string of the molecule is COc1ccc(C)cc1C(=O)Nc1cccc(Cl)n1. The molecular weight excluding hydrogens is 264 g/mol. The summed E-state index contributed by atoms with van der Waals surface area (Å²) in [6.45, 7) is 1.91. The predicted molar refractivity (Wildman–Crippen MR) is 74.9 cm³/mol. The van der Waals surface area contributed by atoms with E-state index in [0.717, 1.165) is 5.56 Å². The highest BCUT2D eigenvalue weighted by atomic mass is 35.5. The van der Waals surface area contributed by atoms with Crippen LogP contribution in [0.25, 0.3) is 0 Å². The van der Waals surface area contributed by atoms with E-state index < -0.39 is 0 Å². The van der Waals surface area contributed by atoms with Crippen LogP contribution in [0.3, 0.4) is 0 Å². The van der Waals surface area contributed by atoms with Crippen molar-refractivity contribution in [3.63, 3.8) is 0 Å². The Morgan fingerprint density at radius 1 is 1.32 bits per heavy atom. The monoisotopic (exact) mass is 276 g/mol. The minimum Gasteiger partial charge on any atom is -0.496 e. The molecule has 0 atom stereocenters. The average Bonchev–Trinajstić information content (AvgIpc) is 2.38. The third kappa shape index (κ3) is 3.23. The number of benzene rings is 1. The van der Waals surface area contributed by atoms with Gasteiger partial charge in [0.1, 0.15) is 16.7 Å². The molecule has 1 heterocycles. The topological polar surface area (TPSA) is 51.2 Å². The molecule has 1 N–H and O–H groups in total. The first-order valence-electron chi connectivity index (χ1n) is 5.68. The van der Waals surface area contributed by atoms with Crippen LogP contribution in [0.5, 0.6) is 5.75 Å². The summed E-state index contributed by atoms with van der Waals surface area (Å²) in [7, 11) is 1.53. The number of aromatic nitrogens is 1. The van der Waals surface area contributed by atoms with E-state index >= 15 is 0 Å². The van der Waals surface area contributed by atoms with E-state index in [9.17, 15) is 4.79 Å². The second kappa shape index (κ2) is 5.71. The van der Waals surface area contributed by atoms with E-state index in [0.29, 0.717) is 22.3 Å². The molecule has 1 aromatic heterocycles. The summed E-state index contributed by atoms with van der Waals surface area (Å²) in [6.07, 6.45) is 0. The quantitative estimate of drug-likeness (QED) is 0.875. The highest BCUT2D eigenvalue weighted by Crippen LogP contribution is 2.21. The van der Waals surface area contributed by atoms with Gasteiger partial charge in [-0.25, -0.2) is 4.98 Å². The summed E-state index contributed by atoms with van der Waals surface area (Å²) < 4.78 is 5.18.